The molecule has 0 aliphatic carbocycles. The molecule has 0 aliphatic rings. The van der Waals surface area contributed by atoms with Crippen LogP contribution in [0, 0.1) is 11.6 Å². The van der Waals surface area contributed by atoms with E-state index >= 15 is 0 Å². The van der Waals surface area contributed by atoms with Crippen LogP contribution < -0.4 is 5.73 Å². The van der Waals surface area contributed by atoms with E-state index in [9.17, 15) is 8.78 Å². The number of rotatable bonds is 6. The second kappa shape index (κ2) is 6.45. The lowest BCUT2D eigenvalue weighted by atomic mass is 10.1. The van der Waals surface area contributed by atoms with Gasteiger partial charge in [-0.2, -0.15) is 0 Å². The van der Waals surface area contributed by atoms with Gasteiger partial charge in [0.15, 0.2) is 0 Å². The Hall–Kier alpha value is -1.72. The second-order valence-electron chi connectivity index (χ2n) is 4.08. The van der Waals surface area contributed by atoms with Crippen LogP contribution in [0.15, 0.2) is 34.7 Å². The summed E-state index contributed by atoms with van der Waals surface area (Å²) in [5.41, 5.74) is 5.57. The zero-order valence-corrected chi connectivity index (χ0v) is 10.4. The molecule has 0 unspecified atom stereocenters. The summed E-state index contributed by atoms with van der Waals surface area (Å²) in [4.78, 5) is 0. The van der Waals surface area contributed by atoms with Crippen molar-refractivity contribution in [2.75, 3.05) is 13.2 Å². The highest BCUT2D eigenvalue weighted by Crippen LogP contribution is 2.25. The molecule has 2 rings (SSSR count). The van der Waals surface area contributed by atoms with Crippen molar-refractivity contribution in [3.8, 4) is 11.3 Å². The molecular weight excluding hydrogens is 252 g/mol. The van der Waals surface area contributed by atoms with Gasteiger partial charge < -0.3 is 14.9 Å². The smallest absolute Gasteiger partial charge is 0.137 e. The Balaban J connectivity index is 2.04. The van der Waals surface area contributed by atoms with E-state index in [0.29, 0.717) is 31.3 Å². The summed E-state index contributed by atoms with van der Waals surface area (Å²) in [5.74, 6) is -0.311. The molecule has 0 atom stereocenters. The maximum atomic E-state index is 13.6. The van der Waals surface area contributed by atoms with Gasteiger partial charge in [0.05, 0.1) is 5.56 Å². The standard InChI is InChI=1S/C14H15F2NO2/c15-10-2-4-12(13(16)8-10)14-5-3-11(19-14)9-18-7-1-6-17/h2-5,8H,1,6-7,9,17H2. The SMILES string of the molecule is NCCCOCc1ccc(-c2ccc(F)cc2F)o1. The largest absolute Gasteiger partial charge is 0.459 e. The highest BCUT2D eigenvalue weighted by molar-refractivity contribution is 5.58. The first kappa shape index (κ1) is 13.7. The van der Waals surface area contributed by atoms with Crippen LogP contribution in [0.3, 0.4) is 0 Å². The van der Waals surface area contributed by atoms with Gasteiger partial charge in [-0.15, -0.1) is 0 Å². The lowest BCUT2D eigenvalue weighted by Gasteiger charge is -2.01. The Bertz CT molecular complexity index is 540. The van der Waals surface area contributed by atoms with Crippen molar-refractivity contribution in [1.29, 1.82) is 0 Å². The van der Waals surface area contributed by atoms with Crippen molar-refractivity contribution >= 4 is 0 Å². The number of nitrogens with two attached hydrogens (primary N) is 1. The fraction of sp³-hybridized carbons (Fsp3) is 0.286. The first-order valence-electron chi connectivity index (χ1n) is 6.02. The van der Waals surface area contributed by atoms with E-state index < -0.39 is 11.6 Å². The van der Waals surface area contributed by atoms with Gasteiger partial charge in [-0.05, 0) is 37.2 Å². The summed E-state index contributed by atoms with van der Waals surface area (Å²) in [7, 11) is 0. The molecule has 1 aromatic carbocycles. The van der Waals surface area contributed by atoms with E-state index in [1.54, 1.807) is 12.1 Å². The number of hydrogen-bond donors (Lipinski definition) is 1. The Kier molecular flexibility index (Phi) is 4.65. The van der Waals surface area contributed by atoms with E-state index in [2.05, 4.69) is 0 Å². The molecule has 0 amide bonds. The molecule has 0 spiro atoms. The van der Waals surface area contributed by atoms with Crippen molar-refractivity contribution in [2.24, 2.45) is 5.73 Å². The number of hydrogen-bond acceptors (Lipinski definition) is 3. The van der Waals surface area contributed by atoms with Crippen LogP contribution in [-0.2, 0) is 11.3 Å². The van der Waals surface area contributed by atoms with Crippen LogP contribution in [0.4, 0.5) is 8.78 Å². The second-order valence-corrected chi connectivity index (χ2v) is 4.08. The molecule has 1 heterocycles. The molecule has 19 heavy (non-hydrogen) atoms. The third-order valence-electron chi connectivity index (χ3n) is 2.60. The van der Waals surface area contributed by atoms with Crippen molar-refractivity contribution in [3.63, 3.8) is 0 Å². The summed E-state index contributed by atoms with van der Waals surface area (Å²) in [6.45, 7) is 1.43. The molecule has 0 bridgehead atoms. The molecular formula is C14H15F2NO2. The zero-order valence-electron chi connectivity index (χ0n) is 10.4. The number of furan rings is 1. The maximum Gasteiger partial charge on any atom is 0.137 e. The van der Waals surface area contributed by atoms with Crippen molar-refractivity contribution in [1.82, 2.24) is 0 Å². The highest BCUT2D eigenvalue weighted by atomic mass is 19.1. The summed E-state index contributed by atoms with van der Waals surface area (Å²) < 4.78 is 37.1. The number of halogens is 2. The molecule has 0 radical (unpaired) electrons. The Morgan fingerprint density at radius 3 is 2.74 bits per heavy atom. The van der Waals surface area contributed by atoms with Gasteiger partial charge >= 0.3 is 0 Å². The van der Waals surface area contributed by atoms with Gasteiger partial charge in [0.1, 0.15) is 29.8 Å². The van der Waals surface area contributed by atoms with Crippen LogP contribution in [0.2, 0.25) is 0 Å². The van der Waals surface area contributed by atoms with Crippen LogP contribution in [0.5, 0.6) is 0 Å². The Labute approximate surface area is 110 Å². The molecule has 3 nitrogen and oxygen atoms in total. The average Bonchev–Trinajstić information content (AvgIpc) is 2.83. The lowest BCUT2D eigenvalue weighted by Crippen LogP contribution is -2.03. The summed E-state index contributed by atoms with van der Waals surface area (Å²) >= 11 is 0. The minimum Gasteiger partial charge on any atom is -0.459 e. The van der Waals surface area contributed by atoms with E-state index in [1.807, 2.05) is 0 Å². The van der Waals surface area contributed by atoms with Crippen molar-refractivity contribution < 1.29 is 17.9 Å². The van der Waals surface area contributed by atoms with Gasteiger partial charge in [0, 0.05) is 12.7 Å². The first-order chi connectivity index (χ1) is 9.20. The van der Waals surface area contributed by atoms with Crippen molar-refractivity contribution in [2.45, 2.75) is 13.0 Å². The van der Waals surface area contributed by atoms with Gasteiger partial charge in [0.25, 0.3) is 0 Å². The Morgan fingerprint density at radius 2 is 2.00 bits per heavy atom. The molecule has 0 saturated heterocycles. The van der Waals surface area contributed by atoms with Gasteiger partial charge in [-0.3, -0.25) is 0 Å². The van der Waals surface area contributed by atoms with Gasteiger partial charge in [-0.1, -0.05) is 0 Å². The minimum atomic E-state index is -0.648. The summed E-state index contributed by atoms with van der Waals surface area (Å²) in [5, 5.41) is 0. The zero-order chi connectivity index (χ0) is 13.7. The Morgan fingerprint density at radius 1 is 1.16 bits per heavy atom. The quantitative estimate of drug-likeness (QED) is 0.818. The van der Waals surface area contributed by atoms with E-state index in [0.717, 1.165) is 12.5 Å². The predicted octanol–water partition coefficient (Wildman–Crippen LogP) is 3.09. The van der Waals surface area contributed by atoms with Crippen molar-refractivity contribution in [3.05, 3.63) is 47.7 Å². The predicted molar refractivity (Wildman–Crippen MR) is 67.4 cm³/mol. The number of ether oxygens (including phenoxy) is 1. The topological polar surface area (TPSA) is 48.4 Å². The van der Waals surface area contributed by atoms with E-state index in [4.69, 9.17) is 14.9 Å². The summed E-state index contributed by atoms with van der Waals surface area (Å²) in [6.07, 6.45) is 0.778. The maximum absolute atomic E-state index is 13.6. The van der Waals surface area contributed by atoms with Crippen LogP contribution in [0.1, 0.15) is 12.2 Å². The fourth-order valence-electron chi connectivity index (χ4n) is 1.65. The highest BCUT2D eigenvalue weighted by Gasteiger charge is 2.10. The number of benzene rings is 1. The fourth-order valence-corrected chi connectivity index (χ4v) is 1.65. The van der Waals surface area contributed by atoms with Gasteiger partial charge in [0.2, 0.25) is 0 Å². The lowest BCUT2D eigenvalue weighted by molar-refractivity contribution is 0.106. The van der Waals surface area contributed by atoms with E-state index in [1.165, 1.54) is 12.1 Å². The molecule has 102 valence electrons. The molecule has 0 aliphatic heterocycles. The minimum absolute atomic E-state index is 0.231. The molecule has 2 aromatic rings. The monoisotopic (exact) mass is 267 g/mol. The molecule has 5 heteroatoms. The molecule has 1 aromatic heterocycles. The molecule has 0 saturated carbocycles. The third-order valence-corrected chi connectivity index (χ3v) is 2.60. The van der Waals surface area contributed by atoms with Gasteiger partial charge in [-0.25, -0.2) is 8.78 Å². The molecule has 0 fully saturated rings. The summed E-state index contributed by atoms with van der Waals surface area (Å²) in [6, 6.07) is 6.72. The molecule has 2 N–H and O–H groups in total. The van der Waals surface area contributed by atoms with Crippen LogP contribution in [-0.4, -0.2) is 13.2 Å². The van der Waals surface area contributed by atoms with Crippen LogP contribution >= 0.6 is 0 Å². The average molecular weight is 267 g/mol. The third kappa shape index (κ3) is 3.62. The van der Waals surface area contributed by atoms with Crippen LogP contribution in [0.25, 0.3) is 11.3 Å². The van der Waals surface area contributed by atoms with E-state index in [-0.39, 0.29) is 5.56 Å². The first-order valence-corrected chi connectivity index (χ1v) is 6.02. The normalized spacial score (nSPS) is 10.9.